The van der Waals surface area contributed by atoms with Gasteiger partial charge in [0.15, 0.2) is 0 Å². The Bertz CT molecular complexity index is 376. The molecule has 0 radical (unpaired) electrons. The summed E-state index contributed by atoms with van der Waals surface area (Å²) in [4.78, 5) is 11.4. The molecule has 0 spiro atoms. The number of carbonyl (C=O) groups is 1. The van der Waals surface area contributed by atoms with Crippen LogP contribution < -0.4 is 0 Å². The molecule has 80 valence electrons. The number of hydrogen-bond acceptors (Lipinski definition) is 2. The Hall–Kier alpha value is -0.580. The van der Waals surface area contributed by atoms with Crippen LogP contribution in [0.15, 0.2) is 24.3 Å². The van der Waals surface area contributed by atoms with Crippen molar-refractivity contribution >= 4 is 28.6 Å². The highest BCUT2D eigenvalue weighted by molar-refractivity contribution is 14.1. The van der Waals surface area contributed by atoms with E-state index in [0.29, 0.717) is 12.5 Å². The van der Waals surface area contributed by atoms with Gasteiger partial charge in [-0.05, 0) is 59.5 Å². The van der Waals surface area contributed by atoms with Crippen LogP contribution >= 0.6 is 22.6 Å². The number of rotatable bonds is 3. The van der Waals surface area contributed by atoms with Gasteiger partial charge in [0.2, 0.25) is 0 Å². The molecule has 0 amide bonds. The molecule has 1 aliphatic rings. The van der Waals surface area contributed by atoms with Crippen molar-refractivity contribution in [2.24, 2.45) is 5.92 Å². The molecule has 0 bridgehead atoms. The predicted octanol–water partition coefficient (Wildman–Crippen LogP) is 2.96. The van der Waals surface area contributed by atoms with E-state index < -0.39 is 0 Å². The van der Waals surface area contributed by atoms with E-state index in [1.165, 1.54) is 9.13 Å². The lowest BCUT2D eigenvalue weighted by Gasteiger charge is -2.01. The van der Waals surface area contributed by atoms with Crippen LogP contribution in [0.25, 0.3) is 0 Å². The zero-order valence-electron chi connectivity index (χ0n) is 8.57. The highest BCUT2D eigenvalue weighted by atomic mass is 127. The molecule has 2 atom stereocenters. The van der Waals surface area contributed by atoms with Gasteiger partial charge in [-0.3, -0.25) is 4.79 Å². The third kappa shape index (κ3) is 2.51. The maximum absolute atomic E-state index is 11.4. The predicted molar refractivity (Wildman–Crippen MR) is 66.6 cm³/mol. The molecule has 15 heavy (non-hydrogen) atoms. The van der Waals surface area contributed by atoms with Crippen LogP contribution in [0.1, 0.15) is 24.8 Å². The first-order valence-corrected chi connectivity index (χ1v) is 6.22. The fourth-order valence-corrected chi connectivity index (χ4v) is 2.38. The van der Waals surface area contributed by atoms with E-state index in [1.807, 2.05) is 13.0 Å². The molecule has 1 fully saturated rings. The molecule has 0 aromatic heterocycles. The molecule has 2 nitrogen and oxygen atoms in total. The van der Waals surface area contributed by atoms with Gasteiger partial charge in [0.1, 0.15) is 0 Å². The lowest BCUT2D eigenvalue weighted by Crippen LogP contribution is -2.07. The van der Waals surface area contributed by atoms with Gasteiger partial charge < -0.3 is 4.74 Å². The number of carbonyl (C=O) groups excluding carboxylic acids is 1. The summed E-state index contributed by atoms with van der Waals surface area (Å²) in [6.45, 7) is 2.33. The molecule has 0 N–H and O–H groups in total. The lowest BCUT2D eigenvalue weighted by molar-refractivity contribution is -0.144. The summed E-state index contributed by atoms with van der Waals surface area (Å²) in [6.07, 6.45) is 0.943. The van der Waals surface area contributed by atoms with E-state index in [1.54, 1.807) is 0 Å². The number of ether oxygens (including phenoxy) is 1. The van der Waals surface area contributed by atoms with E-state index in [-0.39, 0.29) is 11.9 Å². The second kappa shape index (κ2) is 4.51. The fourth-order valence-electron chi connectivity index (χ4n) is 1.81. The van der Waals surface area contributed by atoms with Crippen molar-refractivity contribution in [3.8, 4) is 0 Å². The summed E-state index contributed by atoms with van der Waals surface area (Å²) in [6, 6.07) is 8.33. The fraction of sp³-hybridized carbons (Fsp3) is 0.417. The molecule has 0 heterocycles. The van der Waals surface area contributed by atoms with Gasteiger partial charge in [-0.1, -0.05) is 12.1 Å². The number of esters is 1. The second-order valence-electron chi connectivity index (χ2n) is 3.76. The van der Waals surface area contributed by atoms with Crippen LogP contribution in [-0.2, 0) is 9.53 Å². The minimum atomic E-state index is -0.0404. The molecular weight excluding hydrogens is 303 g/mol. The van der Waals surface area contributed by atoms with Crippen LogP contribution in [0.2, 0.25) is 0 Å². The topological polar surface area (TPSA) is 26.3 Å². The van der Waals surface area contributed by atoms with Crippen LogP contribution in [-0.4, -0.2) is 12.6 Å². The van der Waals surface area contributed by atoms with E-state index in [2.05, 4.69) is 40.8 Å². The van der Waals surface area contributed by atoms with Gasteiger partial charge in [0, 0.05) is 3.57 Å². The summed E-state index contributed by atoms with van der Waals surface area (Å²) in [5, 5.41) is 0. The third-order valence-corrected chi connectivity index (χ3v) is 3.33. The quantitative estimate of drug-likeness (QED) is 0.633. The highest BCUT2D eigenvalue weighted by Gasteiger charge is 2.45. The van der Waals surface area contributed by atoms with Crippen LogP contribution in [0.4, 0.5) is 0 Å². The summed E-state index contributed by atoms with van der Waals surface area (Å²) in [5.74, 6) is 0.447. The average molecular weight is 316 g/mol. The SMILES string of the molecule is CCOC(=O)[C@H]1C[C@@H]1c1cccc(I)c1. The Kier molecular flexibility index (Phi) is 3.29. The zero-order chi connectivity index (χ0) is 10.8. The Balaban J connectivity index is 2.01. The average Bonchev–Trinajstić information content (AvgIpc) is 2.97. The molecule has 0 aliphatic heterocycles. The van der Waals surface area contributed by atoms with E-state index in [9.17, 15) is 4.79 Å². The monoisotopic (exact) mass is 316 g/mol. The van der Waals surface area contributed by atoms with Gasteiger partial charge in [0.25, 0.3) is 0 Å². The molecular formula is C12H13IO2. The van der Waals surface area contributed by atoms with Crippen molar-refractivity contribution in [2.45, 2.75) is 19.3 Å². The van der Waals surface area contributed by atoms with Gasteiger partial charge >= 0.3 is 5.97 Å². The number of halogens is 1. The molecule has 0 unspecified atom stereocenters. The van der Waals surface area contributed by atoms with Crippen LogP contribution in [0.5, 0.6) is 0 Å². The van der Waals surface area contributed by atoms with Crippen molar-refractivity contribution in [3.63, 3.8) is 0 Å². The second-order valence-corrected chi connectivity index (χ2v) is 5.00. The van der Waals surface area contributed by atoms with E-state index in [0.717, 1.165) is 6.42 Å². The Morgan fingerprint density at radius 3 is 3.07 bits per heavy atom. The van der Waals surface area contributed by atoms with Crippen molar-refractivity contribution in [3.05, 3.63) is 33.4 Å². The van der Waals surface area contributed by atoms with Gasteiger partial charge in [-0.2, -0.15) is 0 Å². The molecule has 1 aliphatic carbocycles. The third-order valence-electron chi connectivity index (χ3n) is 2.66. The van der Waals surface area contributed by atoms with Crippen molar-refractivity contribution in [1.29, 1.82) is 0 Å². The van der Waals surface area contributed by atoms with Crippen LogP contribution in [0, 0.1) is 9.49 Å². The van der Waals surface area contributed by atoms with E-state index in [4.69, 9.17) is 4.74 Å². The molecule has 2 rings (SSSR count). The lowest BCUT2D eigenvalue weighted by atomic mass is 10.1. The summed E-state index contributed by atoms with van der Waals surface area (Å²) < 4.78 is 6.23. The first-order valence-electron chi connectivity index (χ1n) is 5.14. The summed E-state index contributed by atoms with van der Waals surface area (Å²) in [5.41, 5.74) is 1.26. The Morgan fingerprint density at radius 1 is 1.60 bits per heavy atom. The standard InChI is InChI=1S/C12H13IO2/c1-2-15-12(14)11-7-10(11)8-4-3-5-9(13)6-8/h3-6,10-11H,2,7H2,1H3/t10-,11+/m1/s1. The van der Waals surface area contributed by atoms with Gasteiger partial charge in [0.05, 0.1) is 12.5 Å². The minimum Gasteiger partial charge on any atom is -0.466 e. The maximum atomic E-state index is 11.4. The van der Waals surface area contributed by atoms with Crippen molar-refractivity contribution in [1.82, 2.24) is 0 Å². The van der Waals surface area contributed by atoms with Crippen molar-refractivity contribution < 1.29 is 9.53 Å². The smallest absolute Gasteiger partial charge is 0.309 e. The van der Waals surface area contributed by atoms with Gasteiger partial charge in [-0.15, -0.1) is 0 Å². The normalized spacial score (nSPS) is 23.6. The number of benzene rings is 1. The summed E-state index contributed by atoms with van der Waals surface area (Å²) in [7, 11) is 0. The molecule has 3 heteroatoms. The Morgan fingerprint density at radius 2 is 2.40 bits per heavy atom. The van der Waals surface area contributed by atoms with Gasteiger partial charge in [-0.25, -0.2) is 0 Å². The highest BCUT2D eigenvalue weighted by Crippen LogP contribution is 2.48. The van der Waals surface area contributed by atoms with Crippen molar-refractivity contribution in [2.75, 3.05) is 6.61 Å². The zero-order valence-corrected chi connectivity index (χ0v) is 10.7. The molecule has 1 aromatic rings. The number of hydrogen-bond donors (Lipinski definition) is 0. The van der Waals surface area contributed by atoms with E-state index >= 15 is 0 Å². The largest absolute Gasteiger partial charge is 0.466 e. The molecule has 1 aromatic carbocycles. The van der Waals surface area contributed by atoms with Crippen LogP contribution in [0.3, 0.4) is 0 Å². The molecule has 1 saturated carbocycles. The summed E-state index contributed by atoms with van der Waals surface area (Å²) >= 11 is 2.29. The molecule has 0 saturated heterocycles. The maximum Gasteiger partial charge on any atom is 0.309 e. The first kappa shape index (κ1) is 10.9. The Labute approximate surface area is 103 Å². The minimum absolute atomic E-state index is 0.0404. The first-order chi connectivity index (χ1) is 7.22.